The Labute approximate surface area is 88.2 Å². The fourth-order valence-corrected chi connectivity index (χ4v) is 1.59. The van der Waals surface area contributed by atoms with Gasteiger partial charge in [-0.05, 0) is 31.4 Å². The van der Waals surface area contributed by atoms with Gasteiger partial charge in [0.2, 0.25) is 5.88 Å². The minimum atomic E-state index is -0.423. The summed E-state index contributed by atoms with van der Waals surface area (Å²) >= 11 is 0. The van der Waals surface area contributed by atoms with E-state index in [1.165, 1.54) is 12.3 Å². The van der Waals surface area contributed by atoms with Crippen molar-refractivity contribution in [2.75, 3.05) is 13.2 Å². The monoisotopic (exact) mass is 211 g/mol. The zero-order chi connectivity index (χ0) is 10.5. The summed E-state index contributed by atoms with van der Waals surface area (Å²) in [4.78, 5) is 3.81. The predicted octanol–water partition coefficient (Wildman–Crippen LogP) is 2.17. The molecule has 1 aliphatic rings. The highest BCUT2D eigenvalue weighted by Gasteiger charge is 2.15. The number of aromatic nitrogens is 1. The lowest BCUT2D eigenvalue weighted by molar-refractivity contribution is -0.0126. The summed E-state index contributed by atoms with van der Waals surface area (Å²) in [5.41, 5.74) is 0. The first-order chi connectivity index (χ1) is 7.36. The molecule has 1 aromatic heterocycles. The lowest BCUT2D eigenvalue weighted by Gasteiger charge is -2.22. The summed E-state index contributed by atoms with van der Waals surface area (Å²) in [5.74, 6) is -0.361. The van der Waals surface area contributed by atoms with Crippen LogP contribution in [0.5, 0.6) is 5.88 Å². The number of rotatable bonds is 3. The Morgan fingerprint density at radius 2 is 2.47 bits per heavy atom. The van der Waals surface area contributed by atoms with Gasteiger partial charge in [0, 0.05) is 12.8 Å². The molecule has 0 saturated carbocycles. The second-order valence-electron chi connectivity index (χ2n) is 3.59. The van der Waals surface area contributed by atoms with Gasteiger partial charge in [-0.15, -0.1) is 0 Å². The summed E-state index contributed by atoms with van der Waals surface area (Å²) < 4.78 is 23.8. The fraction of sp³-hybridized carbons (Fsp3) is 0.545. The molecule has 1 fully saturated rings. The average molecular weight is 211 g/mol. The fourth-order valence-electron chi connectivity index (χ4n) is 1.59. The van der Waals surface area contributed by atoms with Crippen molar-refractivity contribution in [1.29, 1.82) is 0 Å². The zero-order valence-electron chi connectivity index (χ0n) is 8.49. The Bertz CT molecular complexity index is 313. The molecule has 0 aromatic carbocycles. The molecule has 0 radical (unpaired) electrons. The van der Waals surface area contributed by atoms with Crippen LogP contribution < -0.4 is 4.74 Å². The van der Waals surface area contributed by atoms with Gasteiger partial charge < -0.3 is 9.47 Å². The molecule has 0 N–H and O–H groups in total. The van der Waals surface area contributed by atoms with Crippen LogP contribution in [0.15, 0.2) is 18.3 Å². The van der Waals surface area contributed by atoms with Gasteiger partial charge in [0.25, 0.3) is 0 Å². The second-order valence-corrected chi connectivity index (χ2v) is 3.59. The van der Waals surface area contributed by atoms with E-state index in [0.29, 0.717) is 6.61 Å². The van der Waals surface area contributed by atoms with Crippen molar-refractivity contribution in [3.8, 4) is 5.88 Å². The highest BCUT2D eigenvalue weighted by molar-refractivity contribution is 5.12. The molecule has 3 nitrogen and oxygen atoms in total. The van der Waals surface area contributed by atoms with Crippen molar-refractivity contribution in [3.63, 3.8) is 0 Å². The number of nitrogens with zero attached hydrogens (tertiary/aromatic N) is 1. The summed E-state index contributed by atoms with van der Waals surface area (Å²) in [6.07, 6.45) is 4.84. The van der Waals surface area contributed by atoms with Crippen LogP contribution in [0.4, 0.5) is 4.39 Å². The normalized spacial score (nSPS) is 21.3. The molecule has 1 unspecified atom stereocenters. The van der Waals surface area contributed by atoms with Crippen molar-refractivity contribution in [1.82, 2.24) is 4.98 Å². The average Bonchev–Trinajstić information content (AvgIpc) is 2.29. The summed E-state index contributed by atoms with van der Waals surface area (Å²) in [7, 11) is 0. The van der Waals surface area contributed by atoms with Crippen LogP contribution in [0.1, 0.15) is 19.3 Å². The first-order valence-corrected chi connectivity index (χ1v) is 5.21. The number of ether oxygens (including phenoxy) is 2. The van der Waals surface area contributed by atoms with Crippen LogP contribution >= 0.6 is 0 Å². The number of hydrogen-bond acceptors (Lipinski definition) is 3. The number of hydrogen-bond donors (Lipinski definition) is 0. The minimum Gasteiger partial charge on any atom is -0.473 e. The van der Waals surface area contributed by atoms with Crippen molar-refractivity contribution < 1.29 is 13.9 Å². The molecule has 0 bridgehead atoms. The van der Waals surface area contributed by atoms with Crippen LogP contribution in [0.25, 0.3) is 0 Å². The third kappa shape index (κ3) is 2.89. The van der Waals surface area contributed by atoms with Gasteiger partial charge in [-0.2, -0.15) is 0 Å². The van der Waals surface area contributed by atoms with Gasteiger partial charge in [-0.1, -0.05) is 0 Å². The van der Waals surface area contributed by atoms with Crippen LogP contribution in [0, 0.1) is 5.82 Å². The standard InChI is InChI=1S/C11H14FNO2/c12-10-5-3-6-13-11(10)15-8-9-4-1-2-7-14-9/h3,5-6,9H,1-2,4,7-8H2. The molecule has 1 aromatic rings. The maximum Gasteiger partial charge on any atom is 0.250 e. The molecule has 4 heteroatoms. The maximum atomic E-state index is 13.1. The molecule has 82 valence electrons. The molecule has 15 heavy (non-hydrogen) atoms. The smallest absolute Gasteiger partial charge is 0.250 e. The molecule has 1 saturated heterocycles. The van der Waals surface area contributed by atoms with Crippen LogP contribution in [-0.4, -0.2) is 24.3 Å². The maximum absolute atomic E-state index is 13.1. The predicted molar refractivity (Wildman–Crippen MR) is 53.3 cm³/mol. The quantitative estimate of drug-likeness (QED) is 0.767. The van der Waals surface area contributed by atoms with E-state index in [0.717, 1.165) is 25.9 Å². The molecule has 0 amide bonds. The summed E-state index contributed by atoms with van der Waals surface area (Å²) in [6.45, 7) is 1.16. The SMILES string of the molecule is Fc1cccnc1OCC1CCCCO1. The molecule has 0 aliphatic carbocycles. The molecule has 1 atom stereocenters. The lowest BCUT2D eigenvalue weighted by Crippen LogP contribution is -2.26. The Morgan fingerprint density at radius 1 is 1.53 bits per heavy atom. The molecule has 2 heterocycles. The second kappa shape index (κ2) is 5.07. The van der Waals surface area contributed by atoms with Gasteiger partial charge in [0.1, 0.15) is 6.61 Å². The minimum absolute atomic E-state index is 0.0617. The van der Waals surface area contributed by atoms with Gasteiger partial charge in [0.05, 0.1) is 6.10 Å². The third-order valence-electron chi connectivity index (χ3n) is 2.40. The van der Waals surface area contributed by atoms with Gasteiger partial charge in [-0.3, -0.25) is 0 Å². The van der Waals surface area contributed by atoms with E-state index in [2.05, 4.69) is 4.98 Å². The Morgan fingerprint density at radius 3 is 3.20 bits per heavy atom. The van der Waals surface area contributed by atoms with Crippen molar-refractivity contribution in [3.05, 3.63) is 24.1 Å². The van der Waals surface area contributed by atoms with E-state index >= 15 is 0 Å². The van der Waals surface area contributed by atoms with E-state index in [1.807, 2.05) is 0 Å². The molecule has 1 aliphatic heterocycles. The van der Waals surface area contributed by atoms with E-state index in [4.69, 9.17) is 9.47 Å². The Kier molecular flexibility index (Phi) is 3.50. The summed E-state index contributed by atoms with van der Waals surface area (Å²) in [6, 6.07) is 2.88. The Balaban J connectivity index is 1.84. The summed E-state index contributed by atoms with van der Waals surface area (Å²) in [5, 5.41) is 0. The highest BCUT2D eigenvalue weighted by Crippen LogP contribution is 2.16. The topological polar surface area (TPSA) is 31.4 Å². The highest BCUT2D eigenvalue weighted by atomic mass is 19.1. The van der Waals surface area contributed by atoms with Crippen LogP contribution in [0.2, 0.25) is 0 Å². The van der Waals surface area contributed by atoms with Gasteiger partial charge >= 0.3 is 0 Å². The largest absolute Gasteiger partial charge is 0.473 e. The molecule has 0 spiro atoms. The van der Waals surface area contributed by atoms with E-state index in [-0.39, 0.29) is 12.0 Å². The third-order valence-corrected chi connectivity index (χ3v) is 2.40. The van der Waals surface area contributed by atoms with E-state index in [1.54, 1.807) is 6.07 Å². The Hall–Kier alpha value is -1.16. The zero-order valence-corrected chi connectivity index (χ0v) is 8.49. The molecule has 2 rings (SSSR count). The number of halogens is 1. The van der Waals surface area contributed by atoms with Crippen LogP contribution in [0.3, 0.4) is 0 Å². The lowest BCUT2D eigenvalue weighted by atomic mass is 10.1. The first kappa shape index (κ1) is 10.4. The van der Waals surface area contributed by atoms with Crippen molar-refractivity contribution >= 4 is 0 Å². The van der Waals surface area contributed by atoms with Crippen LogP contribution in [-0.2, 0) is 4.74 Å². The molecular formula is C11H14FNO2. The number of pyridine rings is 1. The van der Waals surface area contributed by atoms with E-state index < -0.39 is 5.82 Å². The first-order valence-electron chi connectivity index (χ1n) is 5.21. The van der Waals surface area contributed by atoms with Gasteiger partial charge in [0.15, 0.2) is 5.82 Å². The molecular weight excluding hydrogens is 197 g/mol. The van der Waals surface area contributed by atoms with Gasteiger partial charge in [-0.25, -0.2) is 9.37 Å². The van der Waals surface area contributed by atoms with E-state index in [9.17, 15) is 4.39 Å². The van der Waals surface area contributed by atoms with Crippen molar-refractivity contribution in [2.45, 2.75) is 25.4 Å². The van der Waals surface area contributed by atoms with Crippen molar-refractivity contribution in [2.24, 2.45) is 0 Å².